The van der Waals surface area contributed by atoms with Crippen LogP contribution in [0.15, 0.2) is 48.7 Å². The van der Waals surface area contributed by atoms with Crippen molar-refractivity contribution < 1.29 is 4.74 Å². The fourth-order valence-corrected chi connectivity index (χ4v) is 3.33. The summed E-state index contributed by atoms with van der Waals surface area (Å²) in [6, 6.07) is 14.1. The number of benzene rings is 2. The Morgan fingerprint density at radius 3 is 2.72 bits per heavy atom. The molecule has 0 atom stereocenters. The first-order chi connectivity index (χ1) is 12.2. The molecule has 1 aliphatic heterocycles. The number of ether oxygens (including phenoxy) is 1. The van der Waals surface area contributed by atoms with Gasteiger partial charge in [-0.3, -0.25) is 10.00 Å². The van der Waals surface area contributed by atoms with Crippen molar-refractivity contribution in [2.75, 3.05) is 6.54 Å². The molecule has 0 aliphatic carbocycles. The Morgan fingerprint density at radius 1 is 1.12 bits per heavy atom. The van der Waals surface area contributed by atoms with Crippen LogP contribution in [0, 0.1) is 0 Å². The van der Waals surface area contributed by atoms with E-state index in [9.17, 15) is 0 Å². The molecule has 0 bridgehead atoms. The van der Waals surface area contributed by atoms with Crippen LogP contribution in [-0.2, 0) is 19.7 Å². The molecular formula is C20H20ClN3O. The van der Waals surface area contributed by atoms with E-state index in [1.165, 1.54) is 11.1 Å². The molecule has 0 saturated heterocycles. The van der Waals surface area contributed by atoms with Gasteiger partial charge in [0.1, 0.15) is 12.4 Å². The molecule has 0 fully saturated rings. The highest BCUT2D eigenvalue weighted by atomic mass is 35.5. The van der Waals surface area contributed by atoms with Gasteiger partial charge in [-0.25, -0.2) is 0 Å². The number of rotatable bonds is 5. The van der Waals surface area contributed by atoms with Gasteiger partial charge in [0.05, 0.1) is 11.9 Å². The zero-order valence-electron chi connectivity index (χ0n) is 14.1. The van der Waals surface area contributed by atoms with Crippen LogP contribution in [0.2, 0.25) is 5.02 Å². The molecule has 5 heteroatoms. The lowest BCUT2D eigenvalue weighted by molar-refractivity contribution is 0.299. The molecule has 0 radical (unpaired) electrons. The summed E-state index contributed by atoms with van der Waals surface area (Å²) in [4.78, 5) is 2.42. The lowest BCUT2D eigenvalue weighted by Crippen LogP contribution is -2.14. The topological polar surface area (TPSA) is 41.1 Å². The fourth-order valence-electron chi connectivity index (χ4n) is 3.20. The number of hydrogen-bond donors (Lipinski definition) is 1. The van der Waals surface area contributed by atoms with Gasteiger partial charge in [-0.1, -0.05) is 36.7 Å². The predicted molar refractivity (Wildman–Crippen MR) is 99.6 cm³/mol. The molecule has 2 heterocycles. The minimum absolute atomic E-state index is 0.477. The number of H-pyrrole nitrogens is 1. The van der Waals surface area contributed by atoms with E-state index < -0.39 is 0 Å². The first-order valence-corrected chi connectivity index (χ1v) is 8.86. The van der Waals surface area contributed by atoms with Gasteiger partial charge in [-0.15, -0.1) is 0 Å². The second-order valence-corrected chi connectivity index (χ2v) is 6.74. The molecule has 0 amide bonds. The highest BCUT2D eigenvalue weighted by Gasteiger charge is 2.18. The van der Waals surface area contributed by atoms with Crippen LogP contribution in [0.3, 0.4) is 0 Å². The van der Waals surface area contributed by atoms with Crippen molar-refractivity contribution >= 4 is 11.6 Å². The van der Waals surface area contributed by atoms with E-state index in [0.717, 1.165) is 47.2 Å². The number of halogens is 1. The first-order valence-electron chi connectivity index (χ1n) is 8.48. The lowest BCUT2D eigenvalue weighted by atomic mass is 10.1. The van der Waals surface area contributed by atoms with E-state index in [1.807, 2.05) is 30.5 Å². The summed E-state index contributed by atoms with van der Waals surface area (Å²) < 4.78 is 6.03. The maximum Gasteiger partial charge on any atom is 0.120 e. The monoisotopic (exact) mass is 353 g/mol. The Kier molecular flexibility index (Phi) is 4.47. The molecule has 25 heavy (non-hydrogen) atoms. The zero-order valence-corrected chi connectivity index (χ0v) is 14.9. The van der Waals surface area contributed by atoms with Crippen LogP contribution < -0.4 is 4.74 Å². The van der Waals surface area contributed by atoms with Crippen LogP contribution in [0.5, 0.6) is 5.75 Å². The van der Waals surface area contributed by atoms with Gasteiger partial charge in [0.15, 0.2) is 0 Å². The second kappa shape index (κ2) is 6.90. The van der Waals surface area contributed by atoms with E-state index in [1.54, 1.807) is 0 Å². The van der Waals surface area contributed by atoms with E-state index in [4.69, 9.17) is 16.3 Å². The molecule has 1 aromatic heterocycles. The number of nitrogens with one attached hydrogen (secondary N) is 1. The Labute approximate surface area is 152 Å². The number of fused-ring (bicyclic) bond motifs is 1. The summed E-state index contributed by atoms with van der Waals surface area (Å²) in [7, 11) is 0. The standard InChI is InChI=1S/C20H20ClN3O/c1-2-24-11-15-5-8-19(9-16(15)12-24)25-13-17-10-22-23-20(17)14-3-6-18(21)7-4-14/h3-10H,2,11-13H2,1H3,(H,22,23). The van der Waals surface area contributed by atoms with Crippen molar-refractivity contribution in [1.82, 2.24) is 15.1 Å². The number of aromatic amines is 1. The maximum absolute atomic E-state index is 6.03. The van der Waals surface area contributed by atoms with Crippen molar-refractivity contribution in [2.45, 2.75) is 26.6 Å². The largest absolute Gasteiger partial charge is 0.489 e. The van der Waals surface area contributed by atoms with Gasteiger partial charge in [0.2, 0.25) is 0 Å². The minimum Gasteiger partial charge on any atom is -0.489 e. The van der Waals surface area contributed by atoms with Crippen molar-refractivity contribution in [2.24, 2.45) is 0 Å². The van der Waals surface area contributed by atoms with Crippen LogP contribution in [0.25, 0.3) is 11.3 Å². The van der Waals surface area contributed by atoms with Gasteiger partial charge in [-0.05, 0) is 41.9 Å². The summed E-state index contributed by atoms with van der Waals surface area (Å²) in [6.45, 7) is 5.79. The molecule has 0 spiro atoms. The normalized spacial score (nSPS) is 13.8. The lowest BCUT2D eigenvalue weighted by Gasteiger charge is -2.09. The molecule has 1 aliphatic rings. The van der Waals surface area contributed by atoms with E-state index in [-0.39, 0.29) is 0 Å². The van der Waals surface area contributed by atoms with Gasteiger partial charge >= 0.3 is 0 Å². The van der Waals surface area contributed by atoms with Gasteiger partial charge in [0.25, 0.3) is 0 Å². The van der Waals surface area contributed by atoms with Gasteiger partial charge in [-0.2, -0.15) is 5.10 Å². The third-order valence-electron chi connectivity index (χ3n) is 4.66. The van der Waals surface area contributed by atoms with Crippen molar-refractivity contribution in [3.8, 4) is 17.0 Å². The van der Waals surface area contributed by atoms with Crippen LogP contribution in [0.4, 0.5) is 0 Å². The molecule has 2 aromatic carbocycles. The number of hydrogen-bond acceptors (Lipinski definition) is 3. The summed E-state index contributed by atoms with van der Waals surface area (Å²) >= 11 is 5.97. The van der Waals surface area contributed by atoms with Gasteiger partial charge in [0, 0.05) is 29.2 Å². The molecule has 0 unspecified atom stereocenters. The third-order valence-corrected chi connectivity index (χ3v) is 4.91. The number of aromatic nitrogens is 2. The Bertz CT molecular complexity index is 873. The van der Waals surface area contributed by atoms with Crippen LogP contribution in [0.1, 0.15) is 23.6 Å². The van der Waals surface area contributed by atoms with E-state index >= 15 is 0 Å². The minimum atomic E-state index is 0.477. The smallest absolute Gasteiger partial charge is 0.120 e. The predicted octanol–water partition coefficient (Wildman–Crippen LogP) is 4.64. The molecule has 4 rings (SSSR count). The first kappa shape index (κ1) is 16.2. The van der Waals surface area contributed by atoms with Crippen LogP contribution in [-0.4, -0.2) is 21.6 Å². The Morgan fingerprint density at radius 2 is 1.92 bits per heavy atom. The molecule has 4 nitrogen and oxygen atoms in total. The SMILES string of the molecule is CCN1Cc2ccc(OCc3cn[nH]c3-c3ccc(Cl)cc3)cc2C1. The van der Waals surface area contributed by atoms with E-state index in [0.29, 0.717) is 6.61 Å². The average Bonchev–Trinajstić information content (AvgIpc) is 3.26. The quantitative estimate of drug-likeness (QED) is 0.726. The third kappa shape index (κ3) is 3.41. The number of nitrogens with zero attached hydrogens (tertiary/aromatic N) is 2. The highest BCUT2D eigenvalue weighted by molar-refractivity contribution is 6.30. The molecule has 3 aromatic rings. The van der Waals surface area contributed by atoms with Crippen LogP contribution >= 0.6 is 11.6 Å². The molecular weight excluding hydrogens is 334 g/mol. The maximum atomic E-state index is 6.03. The van der Waals surface area contributed by atoms with E-state index in [2.05, 4.69) is 40.2 Å². The fraction of sp³-hybridized carbons (Fsp3) is 0.250. The zero-order chi connectivity index (χ0) is 17.2. The molecule has 128 valence electrons. The van der Waals surface area contributed by atoms with Crippen molar-refractivity contribution in [1.29, 1.82) is 0 Å². The van der Waals surface area contributed by atoms with Crippen molar-refractivity contribution in [3.05, 3.63) is 70.4 Å². The van der Waals surface area contributed by atoms with Gasteiger partial charge < -0.3 is 4.74 Å². The summed E-state index contributed by atoms with van der Waals surface area (Å²) in [5, 5.41) is 7.94. The average molecular weight is 354 g/mol. The Hall–Kier alpha value is -2.30. The summed E-state index contributed by atoms with van der Waals surface area (Å²) in [5.74, 6) is 0.903. The second-order valence-electron chi connectivity index (χ2n) is 6.30. The Balaban J connectivity index is 1.48. The molecule has 1 N–H and O–H groups in total. The summed E-state index contributed by atoms with van der Waals surface area (Å²) in [5.41, 5.74) is 5.81. The van der Waals surface area contributed by atoms with Crippen molar-refractivity contribution in [3.63, 3.8) is 0 Å². The molecule has 0 saturated carbocycles. The highest BCUT2D eigenvalue weighted by Crippen LogP contribution is 2.28. The summed E-state index contributed by atoms with van der Waals surface area (Å²) in [6.07, 6.45) is 1.82.